The molecule has 8 heteroatoms. The van der Waals surface area contributed by atoms with Crippen LogP contribution in [0.4, 0.5) is 17.6 Å². The number of nitrogens with one attached hydrogen (secondary N) is 1. The van der Waals surface area contributed by atoms with E-state index in [4.69, 9.17) is 0 Å². The highest BCUT2D eigenvalue weighted by molar-refractivity contribution is 5.85. The average Bonchev–Trinajstić information content (AvgIpc) is 2.44. The van der Waals surface area contributed by atoms with E-state index in [-0.39, 0.29) is 30.4 Å². The maximum Gasteiger partial charge on any atom is 0.416 e. The Morgan fingerprint density at radius 3 is 2.33 bits per heavy atom. The van der Waals surface area contributed by atoms with Crippen molar-refractivity contribution in [1.82, 2.24) is 10.2 Å². The molecule has 2 rings (SSSR count). The first-order chi connectivity index (χ1) is 10.3. The van der Waals surface area contributed by atoms with E-state index in [2.05, 4.69) is 11.9 Å². The van der Waals surface area contributed by atoms with E-state index in [0.717, 1.165) is 23.8 Å². The number of nitrogens with zero attached hydrogens (tertiary/aromatic N) is 1. The molecule has 0 amide bonds. The van der Waals surface area contributed by atoms with Gasteiger partial charge in [-0.25, -0.2) is 4.39 Å². The van der Waals surface area contributed by atoms with Crippen molar-refractivity contribution in [1.29, 1.82) is 0 Å². The van der Waals surface area contributed by atoms with Gasteiger partial charge in [-0.05, 0) is 37.1 Å². The van der Waals surface area contributed by atoms with Crippen LogP contribution in [-0.4, -0.2) is 31.1 Å². The van der Waals surface area contributed by atoms with E-state index in [9.17, 15) is 17.6 Å². The van der Waals surface area contributed by atoms with Gasteiger partial charge in [-0.1, -0.05) is 5.57 Å². The summed E-state index contributed by atoms with van der Waals surface area (Å²) in [6.45, 7) is 8.28. The smallest absolute Gasteiger partial charge is 0.314 e. The van der Waals surface area contributed by atoms with Crippen LogP contribution >= 0.6 is 24.8 Å². The van der Waals surface area contributed by atoms with Crippen molar-refractivity contribution < 1.29 is 17.6 Å². The first-order valence-electron chi connectivity index (χ1n) is 7.25. The SMILES string of the molecule is C=C(C)C[C@H](c1cc(F)ccc1C(F)(F)F)N1CCNCC1.Cl.Cl. The summed E-state index contributed by atoms with van der Waals surface area (Å²) in [6, 6.07) is 2.20. The molecule has 1 fully saturated rings. The highest BCUT2D eigenvalue weighted by Crippen LogP contribution is 2.38. The minimum Gasteiger partial charge on any atom is -0.314 e. The highest BCUT2D eigenvalue weighted by atomic mass is 35.5. The summed E-state index contributed by atoms with van der Waals surface area (Å²) in [6.07, 6.45) is -4.11. The minimum absolute atomic E-state index is 0. The second-order valence-corrected chi connectivity index (χ2v) is 5.69. The van der Waals surface area contributed by atoms with E-state index in [1.165, 1.54) is 0 Å². The lowest BCUT2D eigenvalue weighted by molar-refractivity contribution is -0.138. The lowest BCUT2D eigenvalue weighted by Crippen LogP contribution is -2.45. The number of benzene rings is 1. The largest absolute Gasteiger partial charge is 0.416 e. The summed E-state index contributed by atoms with van der Waals surface area (Å²) in [7, 11) is 0. The minimum atomic E-state index is -4.50. The third-order valence-corrected chi connectivity index (χ3v) is 3.81. The topological polar surface area (TPSA) is 15.3 Å². The lowest BCUT2D eigenvalue weighted by Gasteiger charge is -2.36. The molecule has 0 bridgehead atoms. The Labute approximate surface area is 152 Å². The van der Waals surface area contributed by atoms with Crippen molar-refractivity contribution >= 4 is 24.8 Å². The summed E-state index contributed by atoms with van der Waals surface area (Å²) in [5, 5.41) is 3.17. The van der Waals surface area contributed by atoms with Gasteiger partial charge in [0, 0.05) is 32.2 Å². The fourth-order valence-electron chi connectivity index (χ4n) is 2.83. The molecule has 1 aromatic carbocycles. The maximum absolute atomic E-state index is 13.6. The van der Waals surface area contributed by atoms with Gasteiger partial charge in [-0.2, -0.15) is 13.2 Å². The van der Waals surface area contributed by atoms with Crippen LogP contribution in [0.2, 0.25) is 0 Å². The van der Waals surface area contributed by atoms with Crippen LogP contribution in [0.15, 0.2) is 30.4 Å². The molecule has 1 saturated heterocycles. The molecule has 0 aromatic heterocycles. The summed E-state index contributed by atoms with van der Waals surface area (Å²) in [4.78, 5) is 1.97. The Morgan fingerprint density at radius 1 is 1.25 bits per heavy atom. The number of hydrogen-bond acceptors (Lipinski definition) is 2. The Kier molecular flexibility index (Phi) is 9.28. The third kappa shape index (κ3) is 5.92. The number of hydrogen-bond donors (Lipinski definition) is 1. The molecule has 0 saturated carbocycles. The van der Waals surface area contributed by atoms with Crippen LogP contribution in [0.3, 0.4) is 0 Å². The van der Waals surface area contributed by atoms with E-state index in [1.54, 1.807) is 6.92 Å². The van der Waals surface area contributed by atoms with Crippen LogP contribution in [0, 0.1) is 5.82 Å². The van der Waals surface area contributed by atoms with Gasteiger partial charge in [0.15, 0.2) is 0 Å². The van der Waals surface area contributed by atoms with Crippen molar-refractivity contribution in [3.8, 4) is 0 Å². The van der Waals surface area contributed by atoms with Gasteiger partial charge >= 0.3 is 6.18 Å². The van der Waals surface area contributed by atoms with Crippen LogP contribution < -0.4 is 5.32 Å². The third-order valence-electron chi connectivity index (χ3n) is 3.81. The molecule has 1 aliphatic rings. The number of piperazine rings is 1. The summed E-state index contributed by atoms with van der Waals surface area (Å²) >= 11 is 0. The molecule has 0 radical (unpaired) electrons. The molecule has 1 atom stereocenters. The van der Waals surface area contributed by atoms with Crippen LogP contribution in [0.25, 0.3) is 0 Å². The molecular weight excluding hydrogens is 367 g/mol. The molecular formula is C16H22Cl2F4N2. The van der Waals surface area contributed by atoms with Crippen molar-refractivity contribution in [2.24, 2.45) is 0 Å². The quantitative estimate of drug-likeness (QED) is 0.598. The van der Waals surface area contributed by atoms with Crippen LogP contribution in [0.1, 0.15) is 30.5 Å². The lowest BCUT2D eigenvalue weighted by atomic mass is 9.93. The van der Waals surface area contributed by atoms with Gasteiger partial charge in [0.25, 0.3) is 0 Å². The van der Waals surface area contributed by atoms with E-state index in [1.807, 2.05) is 4.90 Å². The van der Waals surface area contributed by atoms with Gasteiger partial charge in [-0.3, -0.25) is 4.90 Å². The summed E-state index contributed by atoms with van der Waals surface area (Å²) in [5.74, 6) is -0.648. The normalized spacial score (nSPS) is 16.7. The zero-order valence-electron chi connectivity index (χ0n) is 13.3. The fraction of sp³-hybridized carbons (Fsp3) is 0.500. The van der Waals surface area contributed by atoms with E-state index in [0.29, 0.717) is 32.6 Å². The van der Waals surface area contributed by atoms with Crippen molar-refractivity contribution in [3.63, 3.8) is 0 Å². The molecule has 24 heavy (non-hydrogen) atoms. The molecule has 1 heterocycles. The van der Waals surface area contributed by atoms with Gasteiger partial charge in [0.2, 0.25) is 0 Å². The average molecular weight is 389 g/mol. The van der Waals surface area contributed by atoms with Crippen molar-refractivity contribution in [2.45, 2.75) is 25.6 Å². The van der Waals surface area contributed by atoms with Gasteiger partial charge < -0.3 is 5.32 Å². The Bertz CT molecular complexity index is 543. The second kappa shape index (κ2) is 9.61. The predicted octanol–water partition coefficient (Wildman–Crippen LogP) is 4.60. The Balaban J connectivity index is 0.00000264. The van der Waals surface area contributed by atoms with E-state index < -0.39 is 23.6 Å². The molecule has 0 unspecified atom stereocenters. The summed E-state index contributed by atoms with van der Waals surface area (Å²) in [5.41, 5.74) is 0.0111. The fourth-order valence-corrected chi connectivity index (χ4v) is 2.83. The zero-order valence-corrected chi connectivity index (χ0v) is 15.0. The molecule has 1 aliphatic heterocycles. The Morgan fingerprint density at radius 2 is 1.83 bits per heavy atom. The molecule has 138 valence electrons. The number of rotatable bonds is 4. The van der Waals surface area contributed by atoms with Gasteiger partial charge in [0.1, 0.15) is 5.82 Å². The monoisotopic (exact) mass is 388 g/mol. The second-order valence-electron chi connectivity index (χ2n) is 5.69. The maximum atomic E-state index is 13.6. The Hall–Kier alpha value is -0.820. The number of halogens is 6. The van der Waals surface area contributed by atoms with Crippen LogP contribution in [-0.2, 0) is 6.18 Å². The molecule has 0 spiro atoms. The summed E-state index contributed by atoms with van der Waals surface area (Å²) < 4.78 is 53.4. The first-order valence-corrected chi connectivity index (χ1v) is 7.25. The predicted molar refractivity (Wildman–Crippen MR) is 92.5 cm³/mol. The van der Waals surface area contributed by atoms with E-state index >= 15 is 0 Å². The molecule has 2 nitrogen and oxygen atoms in total. The first kappa shape index (κ1) is 23.2. The molecule has 1 aromatic rings. The highest BCUT2D eigenvalue weighted by Gasteiger charge is 2.37. The molecule has 0 aliphatic carbocycles. The molecule has 1 N–H and O–H groups in total. The van der Waals surface area contributed by atoms with Crippen molar-refractivity contribution in [2.75, 3.05) is 26.2 Å². The van der Waals surface area contributed by atoms with Gasteiger partial charge in [-0.15, -0.1) is 31.4 Å². The van der Waals surface area contributed by atoms with Crippen LogP contribution in [0.5, 0.6) is 0 Å². The van der Waals surface area contributed by atoms with Gasteiger partial charge in [0.05, 0.1) is 5.56 Å². The zero-order chi connectivity index (χ0) is 16.3. The standard InChI is InChI=1S/C16H20F4N2.2ClH/c1-11(2)9-15(22-7-5-21-6-8-22)13-10-12(17)3-4-14(13)16(18,19)20;;/h3-4,10,15,21H,1,5-9H2,2H3;2*1H/t15-;;/m1../s1. The number of alkyl halides is 3. The van der Waals surface area contributed by atoms with Crippen molar-refractivity contribution in [3.05, 3.63) is 47.3 Å².